The summed E-state index contributed by atoms with van der Waals surface area (Å²) in [5.41, 5.74) is 0.200. The van der Waals surface area contributed by atoms with Crippen LogP contribution in [0, 0.1) is 0 Å². The number of nitrogens with one attached hydrogen (secondary N) is 1. The van der Waals surface area contributed by atoms with Crippen LogP contribution in [0.25, 0.3) is 0 Å². The van der Waals surface area contributed by atoms with E-state index in [9.17, 15) is 4.21 Å². The molecular formula is C15H27NO2S. The maximum absolute atomic E-state index is 11.4. The third-order valence-corrected chi connectivity index (χ3v) is 6.50. The monoisotopic (exact) mass is 285 g/mol. The van der Waals surface area contributed by atoms with Crippen molar-refractivity contribution in [2.45, 2.75) is 75.5 Å². The number of ether oxygens (including phenoxy) is 1. The van der Waals surface area contributed by atoms with Gasteiger partial charge in [0, 0.05) is 41.0 Å². The van der Waals surface area contributed by atoms with Gasteiger partial charge in [0.1, 0.15) is 0 Å². The predicted molar refractivity (Wildman–Crippen MR) is 78.8 cm³/mol. The first kappa shape index (κ1) is 14.0. The maximum Gasteiger partial charge on any atom is 0.0697 e. The summed E-state index contributed by atoms with van der Waals surface area (Å²) in [6.07, 6.45) is 11.1. The molecule has 2 aliphatic heterocycles. The van der Waals surface area contributed by atoms with Gasteiger partial charge in [-0.25, -0.2) is 0 Å². The second-order valence-corrected chi connectivity index (χ2v) is 8.27. The SMILES string of the molecule is O=S1CCC(NC2CCOC3(CCCCC3)C2)CC1. The molecule has 110 valence electrons. The van der Waals surface area contributed by atoms with Crippen LogP contribution >= 0.6 is 0 Å². The van der Waals surface area contributed by atoms with Crippen molar-refractivity contribution in [2.75, 3.05) is 18.1 Å². The van der Waals surface area contributed by atoms with Crippen molar-refractivity contribution >= 4 is 10.8 Å². The zero-order valence-corrected chi connectivity index (χ0v) is 12.7. The van der Waals surface area contributed by atoms with E-state index in [4.69, 9.17) is 4.74 Å². The molecule has 0 aromatic rings. The first-order chi connectivity index (χ1) is 9.26. The molecule has 3 aliphatic rings. The smallest absolute Gasteiger partial charge is 0.0697 e. The Morgan fingerprint density at radius 2 is 1.74 bits per heavy atom. The van der Waals surface area contributed by atoms with Gasteiger partial charge in [0.05, 0.1) is 5.60 Å². The summed E-state index contributed by atoms with van der Waals surface area (Å²) >= 11 is 0. The minimum atomic E-state index is -0.543. The summed E-state index contributed by atoms with van der Waals surface area (Å²) in [7, 11) is -0.543. The van der Waals surface area contributed by atoms with Crippen LogP contribution in [0.1, 0.15) is 57.8 Å². The molecule has 0 bridgehead atoms. The normalized spacial score (nSPS) is 39.3. The fraction of sp³-hybridized carbons (Fsp3) is 1.00. The first-order valence-corrected chi connectivity index (χ1v) is 9.50. The van der Waals surface area contributed by atoms with Gasteiger partial charge in [0.2, 0.25) is 0 Å². The molecule has 2 saturated heterocycles. The van der Waals surface area contributed by atoms with Crippen LogP contribution < -0.4 is 5.32 Å². The van der Waals surface area contributed by atoms with Gasteiger partial charge in [-0.15, -0.1) is 0 Å². The van der Waals surface area contributed by atoms with Crippen molar-refractivity contribution in [1.29, 1.82) is 0 Å². The van der Waals surface area contributed by atoms with E-state index in [0.29, 0.717) is 12.1 Å². The first-order valence-electron chi connectivity index (χ1n) is 8.01. The topological polar surface area (TPSA) is 38.3 Å². The van der Waals surface area contributed by atoms with Crippen LogP contribution in [0.2, 0.25) is 0 Å². The third-order valence-electron chi connectivity index (χ3n) is 5.12. The highest BCUT2D eigenvalue weighted by Gasteiger charge is 2.39. The molecule has 19 heavy (non-hydrogen) atoms. The zero-order valence-electron chi connectivity index (χ0n) is 11.9. The highest BCUT2D eigenvalue weighted by atomic mass is 32.2. The lowest BCUT2D eigenvalue weighted by Gasteiger charge is -2.44. The second kappa shape index (κ2) is 6.23. The molecule has 3 nitrogen and oxygen atoms in total. The molecule has 3 fully saturated rings. The summed E-state index contributed by atoms with van der Waals surface area (Å²) in [5, 5.41) is 3.84. The highest BCUT2D eigenvalue weighted by molar-refractivity contribution is 7.85. The van der Waals surface area contributed by atoms with Gasteiger partial charge in [-0.3, -0.25) is 4.21 Å². The molecule has 1 unspecified atom stereocenters. The summed E-state index contributed by atoms with van der Waals surface area (Å²) in [6, 6.07) is 1.23. The van der Waals surface area contributed by atoms with Gasteiger partial charge in [-0.2, -0.15) is 0 Å². The molecule has 0 amide bonds. The minimum absolute atomic E-state index is 0.200. The largest absolute Gasteiger partial charge is 0.375 e. The second-order valence-electron chi connectivity index (χ2n) is 6.57. The quantitative estimate of drug-likeness (QED) is 0.846. The Bertz CT molecular complexity index is 313. The summed E-state index contributed by atoms with van der Waals surface area (Å²) in [6.45, 7) is 0.927. The molecule has 1 atom stereocenters. The van der Waals surface area contributed by atoms with Crippen LogP contribution in [0.4, 0.5) is 0 Å². The van der Waals surface area contributed by atoms with E-state index in [1.54, 1.807) is 0 Å². The van der Waals surface area contributed by atoms with E-state index in [2.05, 4.69) is 5.32 Å². The zero-order chi connectivity index (χ0) is 13.1. The predicted octanol–water partition coefficient (Wildman–Crippen LogP) is 2.37. The van der Waals surface area contributed by atoms with Crippen molar-refractivity contribution in [1.82, 2.24) is 5.32 Å². The Morgan fingerprint density at radius 1 is 1.00 bits per heavy atom. The van der Waals surface area contributed by atoms with Gasteiger partial charge in [0.15, 0.2) is 0 Å². The molecule has 0 aromatic heterocycles. The lowest BCUT2D eigenvalue weighted by atomic mass is 9.78. The highest BCUT2D eigenvalue weighted by Crippen LogP contribution is 2.38. The lowest BCUT2D eigenvalue weighted by molar-refractivity contribution is -0.110. The van der Waals surface area contributed by atoms with Gasteiger partial charge < -0.3 is 10.1 Å². The number of hydrogen-bond donors (Lipinski definition) is 1. The average Bonchev–Trinajstić information content (AvgIpc) is 2.42. The summed E-state index contributed by atoms with van der Waals surface area (Å²) in [5.74, 6) is 1.79. The Balaban J connectivity index is 1.52. The van der Waals surface area contributed by atoms with E-state index in [-0.39, 0.29) is 5.60 Å². The molecule has 2 heterocycles. The van der Waals surface area contributed by atoms with E-state index >= 15 is 0 Å². The van der Waals surface area contributed by atoms with E-state index in [1.165, 1.54) is 38.5 Å². The molecule has 1 N–H and O–H groups in total. The van der Waals surface area contributed by atoms with Gasteiger partial charge in [-0.05, 0) is 38.5 Å². The van der Waals surface area contributed by atoms with Crippen LogP contribution in [-0.2, 0) is 15.5 Å². The van der Waals surface area contributed by atoms with Crippen molar-refractivity contribution in [3.05, 3.63) is 0 Å². The van der Waals surface area contributed by atoms with Crippen molar-refractivity contribution < 1.29 is 8.95 Å². The Labute approximate surface area is 119 Å². The van der Waals surface area contributed by atoms with E-state index in [1.807, 2.05) is 0 Å². The summed E-state index contributed by atoms with van der Waals surface area (Å²) < 4.78 is 17.6. The maximum atomic E-state index is 11.4. The van der Waals surface area contributed by atoms with Crippen molar-refractivity contribution in [3.8, 4) is 0 Å². The lowest BCUT2D eigenvalue weighted by Crippen LogP contribution is -2.51. The average molecular weight is 285 g/mol. The Morgan fingerprint density at radius 3 is 2.47 bits per heavy atom. The molecule has 4 heteroatoms. The Kier molecular flexibility index (Phi) is 4.60. The Hall–Kier alpha value is 0.0700. The fourth-order valence-electron chi connectivity index (χ4n) is 4.01. The van der Waals surface area contributed by atoms with Gasteiger partial charge in [0.25, 0.3) is 0 Å². The molecular weight excluding hydrogens is 258 g/mol. The van der Waals surface area contributed by atoms with E-state index in [0.717, 1.165) is 37.4 Å². The third kappa shape index (κ3) is 3.59. The standard InChI is InChI=1S/C15H27NO2S/c17-19-10-5-13(6-11-19)16-14-4-9-18-15(12-14)7-2-1-3-8-15/h13-14,16H,1-12H2. The van der Waals surface area contributed by atoms with Crippen LogP contribution in [-0.4, -0.2) is 40.0 Å². The van der Waals surface area contributed by atoms with Gasteiger partial charge >= 0.3 is 0 Å². The van der Waals surface area contributed by atoms with Crippen LogP contribution in [0.15, 0.2) is 0 Å². The fourth-order valence-corrected chi connectivity index (χ4v) is 5.31. The molecule has 1 aliphatic carbocycles. The molecule has 3 rings (SSSR count). The van der Waals surface area contributed by atoms with Crippen LogP contribution in [0.5, 0.6) is 0 Å². The molecule has 1 saturated carbocycles. The van der Waals surface area contributed by atoms with E-state index < -0.39 is 10.8 Å². The van der Waals surface area contributed by atoms with Crippen LogP contribution in [0.3, 0.4) is 0 Å². The minimum Gasteiger partial charge on any atom is -0.375 e. The molecule has 0 aromatic carbocycles. The summed E-state index contributed by atoms with van der Waals surface area (Å²) in [4.78, 5) is 0. The molecule has 0 radical (unpaired) electrons. The van der Waals surface area contributed by atoms with Crippen molar-refractivity contribution in [3.63, 3.8) is 0 Å². The number of rotatable bonds is 2. The van der Waals surface area contributed by atoms with Crippen molar-refractivity contribution in [2.24, 2.45) is 0 Å². The molecule has 1 spiro atoms. The number of hydrogen-bond acceptors (Lipinski definition) is 3. The van der Waals surface area contributed by atoms with Gasteiger partial charge in [-0.1, -0.05) is 19.3 Å².